The molecule has 0 bridgehead atoms. The molecule has 41 valence electrons. The maximum Gasteiger partial charge on any atom is 0.00956 e. The van der Waals surface area contributed by atoms with Crippen molar-refractivity contribution >= 4 is 5.71 Å². The summed E-state index contributed by atoms with van der Waals surface area (Å²) in [6, 6.07) is 0. The predicted octanol–water partition coefficient (Wildman–Crippen LogP) is 2.03. The van der Waals surface area contributed by atoms with E-state index in [4.69, 9.17) is 5.41 Å². The van der Waals surface area contributed by atoms with Crippen LogP contribution in [-0.4, -0.2) is 5.71 Å². The molecule has 0 rings (SSSR count). The fourth-order valence-corrected chi connectivity index (χ4v) is 0.361. The van der Waals surface area contributed by atoms with E-state index in [-0.39, 0.29) is 0 Å². The van der Waals surface area contributed by atoms with Gasteiger partial charge in [-0.1, -0.05) is 13.3 Å². The van der Waals surface area contributed by atoms with Crippen LogP contribution in [0.3, 0.4) is 0 Å². The average Bonchev–Trinajstić information content (AvgIpc) is 1.61. The highest BCUT2D eigenvalue weighted by Crippen LogP contribution is 1.91. The Bertz CT molecular complexity index is 57.2. The predicted molar refractivity (Wildman–Crippen MR) is 32.6 cm³/mol. The lowest BCUT2D eigenvalue weighted by atomic mass is 10.2. The second-order valence-corrected chi connectivity index (χ2v) is 1.68. The minimum Gasteiger partial charge on any atom is -0.310 e. The lowest BCUT2D eigenvalue weighted by Gasteiger charge is -1.89. The Morgan fingerprint density at radius 1 is 1.71 bits per heavy atom. The zero-order valence-corrected chi connectivity index (χ0v) is 4.99. The van der Waals surface area contributed by atoms with Crippen LogP contribution in [0.1, 0.15) is 26.7 Å². The third-order valence-electron chi connectivity index (χ3n) is 0.739. The van der Waals surface area contributed by atoms with Gasteiger partial charge in [0, 0.05) is 12.1 Å². The van der Waals surface area contributed by atoms with Gasteiger partial charge < -0.3 is 5.41 Å². The summed E-state index contributed by atoms with van der Waals surface area (Å²) in [6.45, 7) is 3.91. The van der Waals surface area contributed by atoms with E-state index in [0.717, 1.165) is 12.8 Å². The Kier molecular flexibility index (Phi) is 3.67. The molecule has 0 aromatic carbocycles. The first kappa shape index (κ1) is 6.67. The summed E-state index contributed by atoms with van der Waals surface area (Å²) in [7, 11) is 0. The molecule has 0 spiro atoms. The molecule has 7 heavy (non-hydrogen) atoms. The molecule has 0 aliphatic carbocycles. The molecule has 1 N–H and O–H groups in total. The first-order valence-electron chi connectivity index (χ1n) is 2.65. The highest BCUT2D eigenvalue weighted by Gasteiger charge is 1.84. The van der Waals surface area contributed by atoms with E-state index in [2.05, 4.69) is 6.92 Å². The summed E-state index contributed by atoms with van der Waals surface area (Å²) >= 11 is 0. The summed E-state index contributed by atoms with van der Waals surface area (Å²) in [6.07, 6.45) is 4.13. The number of rotatable bonds is 3. The minimum atomic E-state index is 0.682. The van der Waals surface area contributed by atoms with E-state index in [1.807, 2.05) is 6.42 Å². The summed E-state index contributed by atoms with van der Waals surface area (Å²) in [4.78, 5) is 0. The van der Waals surface area contributed by atoms with Crippen LogP contribution in [0, 0.1) is 11.8 Å². The Labute approximate surface area is 45.2 Å². The van der Waals surface area contributed by atoms with Crippen LogP contribution in [0.15, 0.2) is 0 Å². The van der Waals surface area contributed by atoms with Crippen LogP contribution >= 0.6 is 0 Å². The maximum atomic E-state index is 6.94. The maximum absolute atomic E-state index is 6.94. The highest BCUT2D eigenvalue weighted by molar-refractivity contribution is 5.86. The van der Waals surface area contributed by atoms with Crippen LogP contribution in [0.25, 0.3) is 0 Å². The Morgan fingerprint density at radius 3 is 2.43 bits per heavy atom. The molecule has 0 fully saturated rings. The van der Waals surface area contributed by atoms with Gasteiger partial charge in [0.2, 0.25) is 0 Å². The molecular weight excluding hydrogens is 86.1 g/mol. The lowest BCUT2D eigenvalue weighted by Crippen LogP contribution is -1.86. The normalized spacial score (nSPS) is 8.86. The van der Waals surface area contributed by atoms with Crippen molar-refractivity contribution in [3.8, 4) is 0 Å². The smallest absolute Gasteiger partial charge is 0.00956 e. The molecule has 0 saturated carbocycles. The van der Waals surface area contributed by atoms with E-state index in [9.17, 15) is 0 Å². The third kappa shape index (κ3) is 5.67. The first-order valence-corrected chi connectivity index (χ1v) is 2.65. The van der Waals surface area contributed by atoms with Crippen molar-refractivity contribution in [3.63, 3.8) is 0 Å². The van der Waals surface area contributed by atoms with Crippen molar-refractivity contribution < 1.29 is 0 Å². The third-order valence-corrected chi connectivity index (χ3v) is 0.739. The van der Waals surface area contributed by atoms with Gasteiger partial charge in [-0.2, -0.15) is 0 Å². The van der Waals surface area contributed by atoms with Crippen LogP contribution in [0.4, 0.5) is 0 Å². The molecule has 0 heterocycles. The summed E-state index contributed by atoms with van der Waals surface area (Å²) in [5.41, 5.74) is 0.682. The fourth-order valence-electron chi connectivity index (χ4n) is 0.361. The fraction of sp³-hybridized carbons (Fsp3) is 0.667. The van der Waals surface area contributed by atoms with E-state index in [1.54, 1.807) is 6.92 Å². The summed E-state index contributed by atoms with van der Waals surface area (Å²) in [5, 5.41) is 6.94. The lowest BCUT2D eigenvalue weighted by molar-refractivity contribution is 0.929. The second kappa shape index (κ2) is 3.85. The van der Waals surface area contributed by atoms with Crippen LogP contribution < -0.4 is 0 Å². The van der Waals surface area contributed by atoms with Crippen LogP contribution in [0.2, 0.25) is 0 Å². The summed E-state index contributed by atoms with van der Waals surface area (Å²) in [5.74, 6) is 0. The van der Waals surface area contributed by atoms with Crippen molar-refractivity contribution in [3.05, 3.63) is 6.42 Å². The molecule has 0 saturated heterocycles. The standard InChI is InChI=1S/C6H12N/c1-3-4-5-6(2)7/h5,7H,3-4H2,1-2H3. The van der Waals surface area contributed by atoms with Gasteiger partial charge in [-0.3, -0.25) is 0 Å². The molecule has 1 heteroatoms. The van der Waals surface area contributed by atoms with E-state index >= 15 is 0 Å². The topological polar surface area (TPSA) is 23.9 Å². The van der Waals surface area contributed by atoms with Gasteiger partial charge in [0.15, 0.2) is 0 Å². The molecule has 0 unspecified atom stereocenters. The van der Waals surface area contributed by atoms with Gasteiger partial charge in [-0.15, -0.1) is 0 Å². The number of unbranched alkanes of at least 4 members (excludes halogenated alkanes) is 1. The Balaban J connectivity index is 2.82. The van der Waals surface area contributed by atoms with E-state index in [0.29, 0.717) is 5.71 Å². The quantitative estimate of drug-likeness (QED) is 0.522. The van der Waals surface area contributed by atoms with Crippen molar-refractivity contribution in [2.45, 2.75) is 26.7 Å². The monoisotopic (exact) mass is 98.1 g/mol. The molecule has 0 aliphatic heterocycles. The molecule has 0 aliphatic rings. The highest BCUT2D eigenvalue weighted by atomic mass is 14.4. The molecule has 0 aromatic rings. The average molecular weight is 98.2 g/mol. The molecule has 1 radical (unpaired) electrons. The van der Waals surface area contributed by atoms with Crippen molar-refractivity contribution in [1.82, 2.24) is 0 Å². The summed E-state index contributed by atoms with van der Waals surface area (Å²) < 4.78 is 0. The number of hydrogen-bond acceptors (Lipinski definition) is 1. The van der Waals surface area contributed by atoms with E-state index < -0.39 is 0 Å². The van der Waals surface area contributed by atoms with Crippen molar-refractivity contribution in [1.29, 1.82) is 5.41 Å². The van der Waals surface area contributed by atoms with Gasteiger partial charge in [-0.05, 0) is 13.3 Å². The van der Waals surface area contributed by atoms with Gasteiger partial charge in [0.25, 0.3) is 0 Å². The molecule has 0 atom stereocenters. The van der Waals surface area contributed by atoms with Gasteiger partial charge >= 0.3 is 0 Å². The zero-order valence-electron chi connectivity index (χ0n) is 4.99. The minimum absolute atomic E-state index is 0.682. The van der Waals surface area contributed by atoms with Crippen molar-refractivity contribution in [2.75, 3.05) is 0 Å². The molecule has 1 nitrogen and oxygen atoms in total. The zero-order chi connectivity index (χ0) is 5.70. The molecule has 0 aromatic heterocycles. The van der Waals surface area contributed by atoms with Crippen LogP contribution in [-0.2, 0) is 0 Å². The van der Waals surface area contributed by atoms with Gasteiger partial charge in [-0.25, -0.2) is 0 Å². The van der Waals surface area contributed by atoms with Crippen LogP contribution in [0.5, 0.6) is 0 Å². The first-order chi connectivity index (χ1) is 3.27. The van der Waals surface area contributed by atoms with Crippen molar-refractivity contribution in [2.24, 2.45) is 0 Å². The van der Waals surface area contributed by atoms with Gasteiger partial charge in [0.05, 0.1) is 0 Å². The SMILES string of the molecule is CCC[CH]C(C)=N. The van der Waals surface area contributed by atoms with E-state index in [1.165, 1.54) is 0 Å². The Morgan fingerprint density at radius 2 is 2.29 bits per heavy atom. The van der Waals surface area contributed by atoms with Gasteiger partial charge in [0.1, 0.15) is 0 Å². The number of nitrogens with one attached hydrogen (secondary N) is 1. The largest absolute Gasteiger partial charge is 0.310 e. The Hall–Kier alpha value is -0.330. The number of hydrogen-bond donors (Lipinski definition) is 1. The molecular formula is C6H12N. The second-order valence-electron chi connectivity index (χ2n) is 1.68. The molecule has 0 amide bonds.